The van der Waals surface area contributed by atoms with E-state index in [0.29, 0.717) is 6.04 Å². The van der Waals surface area contributed by atoms with E-state index in [-0.39, 0.29) is 0 Å². The second-order valence-corrected chi connectivity index (χ2v) is 7.53. The fraction of sp³-hybridized carbons (Fsp3) is 0.600. The Labute approximate surface area is 129 Å². The molecule has 1 heterocycles. The molecule has 2 rings (SSSR count). The number of nitrogens with one attached hydrogen (secondary N) is 1. The van der Waals surface area contributed by atoms with Gasteiger partial charge in [0.2, 0.25) is 0 Å². The van der Waals surface area contributed by atoms with Crippen molar-refractivity contribution in [3.8, 4) is 0 Å². The Hall–Kier alpha value is -0.0300. The lowest BCUT2D eigenvalue weighted by atomic mass is 10.0. The molecular formula is C15H23BrN2S. The standard InChI is InChI=1S/C15H23BrN2S/c1-12-11-18(9-10-19-12)8-7-15(17-2)13-5-3-4-6-14(13)16/h3-6,12,15,17H,7-11H2,1-2H3. The van der Waals surface area contributed by atoms with Crippen LogP contribution in [0.1, 0.15) is 24.9 Å². The Balaban J connectivity index is 1.91. The first-order valence-electron chi connectivity index (χ1n) is 6.96. The van der Waals surface area contributed by atoms with Crippen LogP contribution in [0.15, 0.2) is 28.7 Å². The van der Waals surface area contributed by atoms with Crippen LogP contribution in [0.5, 0.6) is 0 Å². The first-order chi connectivity index (χ1) is 9.20. The van der Waals surface area contributed by atoms with E-state index in [4.69, 9.17) is 0 Å². The van der Waals surface area contributed by atoms with Gasteiger partial charge < -0.3 is 10.2 Å². The van der Waals surface area contributed by atoms with Crippen molar-refractivity contribution in [3.63, 3.8) is 0 Å². The summed E-state index contributed by atoms with van der Waals surface area (Å²) in [6, 6.07) is 8.95. The summed E-state index contributed by atoms with van der Waals surface area (Å²) in [5.41, 5.74) is 1.37. The molecule has 0 amide bonds. The summed E-state index contributed by atoms with van der Waals surface area (Å²) >= 11 is 5.75. The molecule has 19 heavy (non-hydrogen) atoms. The van der Waals surface area contributed by atoms with Crippen LogP contribution in [0.2, 0.25) is 0 Å². The number of hydrogen-bond acceptors (Lipinski definition) is 3. The molecule has 106 valence electrons. The van der Waals surface area contributed by atoms with Crippen LogP contribution in [0.3, 0.4) is 0 Å². The predicted octanol–water partition coefficient (Wildman–Crippen LogP) is 3.54. The SMILES string of the molecule is CNC(CCN1CCSC(C)C1)c1ccccc1Br. The Morgan fingerprint density at radius 3 is 2.95 bits per heavy atom. The minimum Gasteiger partial charge on any atom is -0.313 e. The normalized spacial score (nSPS) is 22.4. The van der Waals surface area contributed by atoms with E-state index in [9.17, 15) is 0 Å². The molecule has 0 spiro atoms. The summed E-state index contributed by atoms with van der Waals surface area (Å²) in [5, 5.41) is 4.23. The summed E-state index contributed by atoms with van der Waals surface area (Å²) in [5.74, 6) is 1.28. The van der Waals surface area contributed by atoms with Crippen LogP contribution in [0.4, 0.5) is 0 Å². The van der Waals surface area contributed by atoms with Crippen LogP contribution in [0.25, 0.3) is 0 Å². The molecule has 4 heteroatoms. The van der Waals surface area contributed by atoms with Gasteiger partial charge in [0.25, 0.3) is 0 Å². The van der Waals surface area contributed by atoms with Crippen LogP contribution in [-0.4, -0.2) is 42.6 Å². The summed E-state index contributed by atoms with van der Waals surface area (Å²) in [7, 11) is 2.05. The molecule has 0 aliphatic carbocycles. The molecule has 1 saturated heterocycles. The molecule has 1 N–H and O–H groups in total. The topological polar surface area (TPSA) is 15.3 Å². The van der Waals surface area contributed by atoms with Crippen molar-refractivity contribution in [1.82, 2.24) is 10.2 Å². The lowest BCUT2D eigenvalue weighted by molar-refractivity contribution is 0.269. The van der Waals surface area contributed by atoms with E-state index in [1.165, 1.54) is 35.4 Å². The lowest BCUT2D eigenvalue weighted by Crippen LogP contribution is -2.38. The van der Waals surface area contributed by atoms with Crippen LogP contribution in [-0.2, 0) is 0 Å². The molecule has 0 bridgehead atoms. The Bertz CT molecular complexity index is 399. The van der Waals surface area contributed by atoms with E-state index in [2.05, 4.69) is 76.1 Å². The molecule has 1 aromatic carbocycles. The maximum atomic E-state index is 3.66. The Kier molecular flexibility index (Phi) is 6.20. The minimum atomic E-state index is 0.431. The van der Waals surface area contributed by atoms with Gasteiger partial charge in [0.1, 0.15) is 0 Å². The van der Waals surface area contributed by atoms with Crippen molar-refractivity contribution in [1.29, 1.82) is 0 Å². The highest BCUT2D eigenvalue weighted by Gasteiger charge is 2.18. The third-order valence-corrected chi connectivity index (χ3v) is 5.55. The highest BCUT2D eigenvalue weighted by molar-refractivity contribution is 9.10. The molecule has 0 radical (unpaired) electrons. The number of rotatable bonds is 5. The summed E-state index contributed by atoms with van der Waals surface area (Å²) < 4.78 is 1.21. The second kappa shape index (κ2) is 7.67. The molecule has 1 aliphatic rings. The van der Waals surface area contributed by atoms with Gasteiger partial charge in [-0.05, 0) is 25.1 Å². The number of benzene rings is 1. The second-order valence-electron chi connectivity index (χ2n) is 5.13. The number of thioether (sulfide) groups is 1. The lowest BCUT2D eigenvalue weighted by Gasteiger charge is -2.31. The minimum absolute atomic E-state index is 0.431. The van der Waals surface area contributed by atoms with Crippen molar-refractivity contribution in [2.45, 2.75) is 24.6 Å². The summed E-state index contributed by atoms with van der Waals surface area (Å²) in [6.45, 7) is 5.98. The molecule has 2 unspecified atom stereocenters. The third kappa shape index (κ3) is 4.48. The fourth-order valence-corrected chi connectivity index (χ4v) is 4.26. The maximum absolute atomic E-state index is 3.66. The quantitative estimate of drug-likeness (QED) is 0.880. The van der Waals surface area contributed by atoms with E-state index < -0.39 is 0 Å². The number of halogens is 1. The molecule has 2 nitrogen and oxygen atoms in total. The van der Waals surface area contributed by atoms with Gasteiger partial charge >= 0.3 is 0 Å². The van der Waals surface area contributed by atoms with Crippen molar-refractivity contribution >= 4 is 27.7 Å². The average Bonchev–Trinajstić information content (AvgIpc) is 2.41. The van der Waals surface area contributed by atoms with Gasteiger partial charge in [0.15, 0.2) is 0 Å². The van der Waals surface area contributed by atoms with E-state index in [1.54, 1.807) is 0 Å². The first-order valence-corrected chi connectivity index (χ1v) is 8.80. The van der Waals surface area contributed by atoms with E-state index in [0.717, 1.165) is 11.7 Å². The average molecular weight is 343 g/mol. The molecule has 1 aliphatic heterocycles. The van der Waals surface area contributed by atoms with Gasteiger partial charge in [0, 0.05) is 41.2 Å². The van der Waals surface area contributed by atoms with Crippen LogP contribution in [0, 0.1) is 0 Å². The zero-order valence-corrected chi connectivity index (χ0v) is 14.1. The van der Waals surface area contributed by atoms with E-state index >= 15 is 0 Å². The van der Waals surface area contributed by atoms with E-state index in [1.807, 2.05) is 0 Å². The zero-order valence-electron chi connectivity index (χ0n) is 11.7. The Morgan fingerprint density at radius 1 is 1.47 bits per heavy atom. The van der Waals surface area contributed by atoms with Crippen LogP contribution < -0.4 is 5.32 Å². The van der Waals surface area contributed by atoms with Gasteiger partial charge in [0.05, 0.1) is 0 Å². The molecule has 1 fully saturated rings. The van der Waals surface area contributed by atoms with Gasteiger partial charge in [-0.2, -0.15) is 11.8 Å². The zero-order chi connectivity index (χ0) is 13.7. The number of hydrogen-bond donors (Lipinski definition) is 1. The van der Waals surface area contributed by atoms with Crippen molar-refractivity contribution in [2.24, 2.45) is 0 Å². The molecule has 0 aromatic heterocycles. The Morgan fingerprint density at radius 2 is 2.26 bits per heavy atom. The molecule has 0 saturated carbocycles. The highest BCUT2D eigenvalue weighted by atomic mass is 79.9. The van der Waals surface area contributed by atoms with Gasteiger partial charge in [-0.3, -0.25) is 0 Å². The fourth-order valence-electron chi connectivity index (χ4n) is 2.62. The molecule has 2 atom stereocenters. The van der Waals surface area contributed by atoms with Crippen molar-refractivity contribution < 1.29 is 0 Å². The van der Waals surface area contributed by atoms with Crippen molar-refractivity contribution in [2.75, 3.05) is 32.4 Å². The van der Waals surface area contributed by atoms with Crippen LogP contribution >= 0.6 is 27.7 Å². The smallest absolute Gasteiger partial charge is 0.0340 e. The van der Waals surface area contributed by atoms with Crippen molar-refractivity contribution in [3.05, 3.63) is 34.3 Å². The van der Waals surface area contributed by atoms with Gasteiger partial charge in [-0.15, -0.1) is 0 Å². The maximum Gasteiger partial charge on any atom is 0.0340 e. The largest absolute Gasteiger partial charge is 0.313 e. The van der Waals surface area contributed by atoms with Gasteiger partial charge in [-0.25, -0.2) is 0 Å². The molecular weight excluding hydrogens is 320 g/mol. The van der Waals surface area contributed by atoms with Gasteiger partial charge in [-0.1, -0.05) is 41.1 Å². The first kappa shape index (κ1) is 15.4. The summed E-state index contributed by atoms with van der Waals surface area (Å²) in [4.78, 5) is 2.60. The predicted molar refractivity (Wildman–Crippen MR) is 88.9 cm³/mol. The third-order valence-electron chi connectivity index (χ3n) is 3.69. The molecule has 1 aromatic rings. The summed E-state index contributed by atoms with van der Waals surface area (Å²) in [6.07, 6.45) is 1.16. The highest BCUT2D eigenvalue weighted by Crippen LogP contribution is 2.26. The monoisotopic (exact) mass is 342 g/mol. The number of nitrogens with zero attached hydrogens (tertiary/aromatic N) is 1.